The number of nitrogens with one attached hydrogen (secondary N) is 1. The fourth-order valence-corrected chi connectivity index (χ4v) is 3.29. The molecule has 3 rings (SSSR count). The van der Waals surface area contributed by atoms with E-state index in [9.17, 15) is 0 Å². The number of piperidine rings is 1. The Morgan fingerprint density at radius 2 is 2.33 bits per heavy atom. The van der Waals surface area contributed by atoms with E-state index >= 15 is 0 Å². The lowest BCUT2D eigenvalue weighted by molar-refractivity contribution is 0.383. The molecule has 0 spiro atoms. The van der Waals surface area contributed by atoms with Gasteiger partial charge in [0.15, 0.2) is 0 Å². The Balaban J connectivity index is 1.82. The Kier molecular flexibility index (Phi) is 3.46. The Labute approximate surface area is 109 Å². The minimum absolute atomic E-state index is 0.642. The highest BCUT2D eigenvalue weighted by Gasteiger charge is 2.35. The number of aryl methyl sites for hydroxylation is 1. The largest absolute Gasteiger partial charge is 0.352 e. The third kappa shape index (κ3) is 2.21. The molecule has 2 atom stereocenters. The van der Waals surface area contributed by atoms with Crippen LogP contribution in [0, 0.1) is 5.92 Å². The molecule has 4 heteroatoms. The first-order valence-corrected chi connectivity index (χ1v) is 7.16. The SMILES string of the molecule is CCCc1cc(N2CCCC3CNCC32)ncn1. The van der Waals surface area contributed by atoms with Crippen molar-refractivity contribution in [2.45, 2.75) is 38.6 Å². The molecule has 2 fully saturated rings. The molecule has 4 nitrogen and oxygen atoms in total. The molecule has 3 heterocycles. The van der Waals surface area contributed by atoms with E-state index in [1.807, 2.05) is 0 Å². The maximum absolute atomic E-state index is 4.49. The van der Waals surface area contributed by atoms with Gasteiger partial charge in [-0.25, -0.2) is 9.97 Å². The van der Waals surface area contributed by atoms with Gasteiger partial charge in [-0.2, -0.15) is 0 Å². The van der Waals surface area contributed by atoms with Crippen LogP contribution < -0.4 is 10.2 Å². The van der Waals surface area contributed by atoms with Crippen molar-refractivity contribution in [3.63, 3.8) is 0 Å². The summed E-state index contributed by atoms with van der Waals surface area (Å²) in [7, 11) is 0. The highest BCUT2D eigenvalue weighted by Crippen LogP contribution is 2.29. The summed E-state index contributed by atoms with van der Waals surface area (Å²) in [6.07, 6.45) is 6.57. The number of fused-ring (bicyclic) bond motifs is 1. The molecule has 0 radical (unpaired) electrons. The third-order valence-corrected chi connectivity index (χ3v) is 4.19. The quantitative estimate of drug-likeness (QED) is 0.880. The van der Waals surface area contributed by atoms with Crippen LogP contribution in [0.5, 0.6) is 0 Å². The lowest BCUT2D eigenvalue weighted by atomic mass is 9.92. The predicted octanol–water partition coefficient (Wildman–Crippen LogP) is 1.62. The van der Waals surface area contributed by atoms with Crippen molar-refractivity contribution >= 4 is 5.82 Å². The van der Waals surface area contributed by atoms with Crippen LogP contribution in [0.4, 0.5) is 5.82 Å². The second-order valence-electron chi connectivity index (χ2n) is 5.44. The van der Waals surface area contributed by atoms with Gasteiger partial charge < -0.3 is 10.2 Å². The monoisotopic (exact) mass is 246 g/mol. The molecule has 0 bridgehead atoms. The molecule has 18 heavy (non-hydrogen) atoms. The topological polar surface area (TPSA) is 41.0 Å². The number of nitrogens with zero attached hydrogens (tertiary/aromatic N) is 3. The first-order chi connectivity index (χ1) is 8.88. The van der Waals surface area contributed by atoms with E-state index in [1.54, 1.807) is 6.33 Å². The molecule has 1 aromatic rings. The van der Waals surface area contributed by atoms with Crippen LogP contribution in [0.3, 0.4) is 0 Å². The Morgan fingerprint density at radius 1 is 1.39 bits per heavy atom. The molecule has 0 saturated carbocycles. The predicted molar refractivity (Wildman–Crippen MR) is 72.8 cm³/mol. The van der Waals surface area contributed by atoms with Crippen LogP contribution in [0.25, 0.3) is 0 Å². The summed E-state index contributed by atoms with van der Waals surface area (Å²) in [6, 6.07) is 2.83. The number of hydrogen-bond donors (Lipinski definition) is 1. The van der Waals surface area contributed by atoms with Crippen molar-refractivity contribution in [2.24, 2.45) is 5.92 Å². The maximum atomic E-state index is 4.49. The summed E-state index contributed by atoms with van der Waals surface area (Å²) in [4.78, 5) is 11.3. The highest BCUT2D eigenvalue weighted by atomic mass is 15.3. The summed E-state index contributed by atoms with van der Waals surface area (Å²) in [5.41, 5.74) is 1.18. The standard InChI is InChI=1S/C14H22N4/c1-2-4-12-7-14(17-10-16-12)18-6-3-5-11-8-15-9-13(11)18/h7,10-11,13,15H,2-6,8-9H2,1H3. The van der Waals surface area contributed by atoms with Crippen molar-refractivity contribution in [1.82, 2.24) is 15.3 Å². The van der Waals surface area contributed by atoms with E-state index in [0.29, 0.717) is 6.04 Å². The fourth-order valence-electron chi connectivity index (χ4n) is 3.29. The summed E-state index contributed by atoms with van der Waals surface area (Å²) < 4.78 is 0. The van der Waals surface area contributed by atoms with Gasteiger partial charge in [0, 0.05) is 37.4 Å². The van der Waals surface area contributed by atoms with Crippen molar-refractivity contribution in [2.75, 3.05) is 24.5 Å². The van der Waals surface area contributed by atoms with Gasteiger partial charge in [-0.05, 0) is 25.2 Å². The lowest BCUT2D eigenvalue weighted by Gasteiger charge is -2.38. The van der Waals surface area contributed by atoms with Gasteiger partial charge in [0.25, 0.3) is 0 Å². The van der Waals surface area contributed by atoms with E-state index < -0.39 is 0 Å². The number of rotatable bonds is 3. The van der Waals surface area contributed by atoms with Gasteiger partial charge in [-0.15, -0.1) is 0 Å². The van der Waals surface area contributed by atoms with E-state index in [-0.39, 0.29) is 0 Å². The molecular weight excluding hydrogens is 224 g/mol. The molecular formula is C14H22N4. The summed E-state index contributed by atoms with van der Waals surface area (Å²) in [5, 5.41) is 3.52. The molecule has 2 saturated heterocycles. The molecule has 0 aliphatic carbocycles. The molecule has 2 aliphatic rings. The van der Waals surface area contributed by atoms with Gasteiger partial charge >= 0.3 is 0 Å². The van der Waals surface area contributed by atoms with Gasteiger partial charge in [0.1, 0.15) is 12.1 Å². The molecule has 98 valence electrons. The van der Waals surface area contributed by atoms with Crippen LogP contribution in [0.1, 0.15) is 31.9 Å². The zero-order chi connectivity index (χ0) is 12.4. The normalized spacial score (nSPS) is 27.3. The molecule has 2 unspecified atom stereocenters. The number of aromatic nitrogens is 2. The molecule has 2 aliphatic heterocycles. The van der Waals surface area contributed by atoms with E-state index in [1.165, 1.54) is 25.1 Å². The zero-order valence-electron chi connectivity index (χ0n) is 11.1. The summed E-state index contributed by atoms with van der Waals surface area (Å²) in [6.45, 7) is 5.62. The first-order valence-electron chi connectivity index (χ1n) is 7.16. The molecule has 1 N–H and O–H groups in total. The van der Waals surface area contributed by atoms with E-state index in [4.69, 9.17) is 0 Å². The third-order valence-electron chi connectivity index (χ3n) is 4.19. The highest BCUT2D eigenvalue weighted by molar-refractivity contribution is 5.42. The fraction of sp³-hybridized carbons (Fsp3) is 0.714. The van der Waals surface area contributed by atoms with Crippen LogP contribution in [-0.2, 0) is 6.42 Å². The van der Waals surface area contributed by atoms with Gasteiger partial charge in [0.2, 0.25) is 0 Å². The van der Waals surface area contributed by atoms with Crippen LogP contribution in [0.15, 0.2) is 12.4 Å². The molecule has 1 aromatic heterocycles. The van der Waals surface area contributed by atoms with Crippen molar-refractivity contribution in [1.29, 1.82) is 0 Å². The molecule has 0 amide bonds. The maximum Gasteiger partial charge on any atom is 0.132 e. The van der Waals surface area contributed by atoms with Crippen LogP contribution in [-0.4, -0.2) is 35.6 Å². The van der Waals surface area contributed by atoms with Crippen molar-refractivity contribution < 1.29 is 0 Å². The average Bonchev–Trinajstić information content (AvgIpc) is 2.87. The van der Waals surface area contributed by atoms with Gasteiger partial charge in [-0.1, -0.05) is 13.3 Å². The average molecular weight is 246 g/mol. The zero-order valence-corrected chi connectivity index (χ0v) is 11.1. The number of anilines is 1. The smallest absolute Gasteiger partial charge is 0.132 e. The van der Waals surface area contributed by atoms with Gasteiger partial charge in [-0.3, -0.25) is 0 Å². The Bertz CT molecular complexity index is 407. The van der Waals surface area contributed by atoms with Crippen molar-refractivity contribution in [3.8, 4) is 0 Å². The second-order valence-corrected chi connectivity index (χ2v) is 5.44. The number of hydrogen-bond acceptors (Lipinski definition) is 4. The molecule has 0 aromatic carbocycles. The lowest BCUT2D eigenvalue weighted by Crippen LogP contribution is -2.45. The van der Waals surface area contributed by atoms with E-state index in [2.05, 4.69) is 33.2 Å². The minimum atomic E-state index is 0.642. The minimum Gasteiger partial charge on any atom is -0.352 e. The second kappa shape index (κ2) is 5.22. The van der Waals surface area contributed by atoms with Crippen LogP contribution >= 0.6 is 0 Å². The van der Waals surface area contributed by atoms with Gasteiger partial charge in [0.05, 0.1) is 0 Å². The Hall–Kier alpha value is -1.16. The first kappa shape index (κ1) is 11.9. The summed E-state index contributed by atoms with van der Waals surface area (Å²) in [5.74, 6) is 1.94. The van der Waals surface area contributed by atoms with Crippen LogP contribution in [0.2, 0.25) is 0 Å². The Morgan fingerprint density at radius 3 is 3.22 bits per heavy atom. The van der Waals surface area contributed by atoms with E-state index in [0.717, 1.165) is 37.7 Å². The summed E-state index contributed by atoms with van der Waals surface area (Å²) >= 11 is 0. The van der Waals surface area contributed by atoms with Crippen molar-refractivity contribution in [3.05, 3.63) is 18.1 Å².